The maximum atomic E-state index is 12.1. The Labute approximate surface area is 139 Å². The molecule has 4 nitrogen and oxygen atoms in total. The van der Waals surface area contributed by atoms with Crippen LogP contribution in [0.4, 0.5) is 5.69 Å². The molecule has 5 rings (SSSR count). The van der Waals surface area contributed by atoms with Crippen molar-refractivity contribution in [2.24, 2.45) is 0 Å². The zero-order valence-electron chi connectivity index (χ0n) is 13.2. The number of carbonyl (C=O) groups is 1. The lowest BCUT2D eigenvalue weighted by molar-refractivity contribution is -0.118. The van der Waals surface area contributed by atoms with Gasteiger partial charge in [-0.3, -0.25) is 9.78 Å². The zero-order valence-corrected chi connectivity index (χ0v) is 13.2. The third kappa shape index (κ3) is 1.99. The molecule has 24 heavy (non-hydrogen) atoms. The fourth-order valence-electron chi connectivity index (χ4n) is 3.81. The van der Waals surface area contributed by atoms with Crippen LogP contribution in [-0.4, -0.2) is 17.4 Å². The highest BCUT2D eigenvalue weighted by molar-refractivity contribution is 5.99. The van der Waals surface area contributed by atoms with E-state index in [4.69, 9.17) is 4.42 Å². The predicted octanol–water partition coefficient (Wildman–Crippen LogP) is 3.84. The van der Waals surface area contributed by atoms with E-state index in [0.29, 0.717) is 6.42 Å². The minimum Gasteiger partial charge on any atom is -0.472 e. The smallest absolute Gasteiger partial charge is 0.227 e. The van der Waals surface area contributed by atoms with Crippen molar-refractivity contribution in [1.82, 2.24) is 4.98 Å². The Morgan fingerprint density at radius 3 is 2.50 bits per heavy atom. The van der Waals surface area contributed by atoms with Crippen molar-refractivity contribution in [1.29, 1.82) is 0 Å². The summed E-state index contributed by atoms with van der Waals surface area (Å²) in [6.45, 7) is 0.817. The third-order valence-electron chi connectivity index (χ3n) is 4.98. The first-order valence-corrected chi connectivity index (χ1v) is 8.24. The van der Waals surface area contributed by atoms with Gasteiger partial charge in [-0.1, -0.05) is 0 Å². The molecule has 2 aromatic heterocycles. The Balaban J connectivity index is 1.62. The number of nitrogens with zero attached hydrogens (tertiary/aromatic N) is 2. The molecule has 1 amide bonds. The summed E-state index contributed by atoms with van der Waals surface area (Å²) in [5, 5.41) is 0. The Morgan fingerprint density at radius 2 is 1.71 bits per heavy atom. The molecule has 0 atom stereocenters. The van der Waals surface area contributed by atoms with E-state index in [-0.39, 0.29) is 5.91 Å². The van der Waals surface area contributed by atoms with Gasteiger partial charge in [0.05, 0.1) is 18.2 Å². The topological polar surface area (TPSA) is 46.3 Å². The zero-order chi connectivity index (χ0) is 16.1. The molecular formula is C20H16N2O2. The second kappa shape index (κ2) is 5.06. The molecule has 0 N–H and O–H groups in total. The van der Waals surface area contributed by atoms with Gasteiger partial charge in [0, 0.05) is 42.0 Å². The van der Waals surface area contributed by atoms with Crippen LogP contribution in [0.15, 0.2) is 53.6 Å². The number of anilines is 1. The van der Waals surface area contributed by atoms with Crippen molar-refractivity contribution < 1.29 is 9.21 Å². The molecule has 0 spiro atoms. The molecule has 118 valence electrons. The molecule has 0 fully saturated rings. The maximum absolute atomic E-state index is 12.1. The number of pyridine rings is 1. The van der Waals surface area contributed by atoms with Crippen molar-refractivity contribution in [2.45, 2.75) is 19.3 Å². The number of rotatable bonds is 2. The molecule has 0 saturated heterocycles. The van der Waals surface area contributed by atoms with Crippen molar-refractivity contribution >= 4 is 11.6 Å². The van der Waals surface area contributed by atoms with E-state index >= 15 is 0 Å². The van der Waals surface area contributed by atoms with Gasteiger partial charge in [0.2, 0.25) is 5.91 Å². The van der Waals surface area contributed by atoms with Gasteiger partial charge in [-0.05, 0) is 53.8 Å². The number of aryl methyl sites for hydroxylation is 1. The van der Waals surface area contributed by atoms with Gasteiger partial charge in [0.25, 0.3) is 0 Å². The third-order valence-corrected chi connectivity index (χ3v) is 4.98. The molecule has 0 aliphatic carbocycles. The largest absolute Gasteiger partial charge is 0.472 e. The Kier molecular flexibility index (Phi) is 2.86. The van der Waals surface area contributed by atoms with Crippen molar-refractivity contribution in [2.75, 3.05) is 11.4 Å². The molecular weight excluding hydrogens is 300 g/mol. The minimum atomic E-state index is 0.262. The molecule has 4 heteroatoms. The molecule has 0 bridgehead atoms. The average molecular weight is 316 g/mol. The highest BCUT2D eigenvalue weighted by atomic mass is 16.3. The lowest BCUT2D eigenvalue weighted by Crippen LogP contribution is -2.32. The highest BCUT2D eigenvalue weighted by Gasteiger charge is 2.31. The molecule has 3 aromatic rings. The predicted molar refractivity (Wildman–Crippen MR) is 91.8 cm³/mol. The molecule has 2 aliphatic rings. The van der Waals surface area contributed by atoms with E-state index in [9.17, 15) is 4.79 Å². The highest BCUT2D eigenvalue weighted by Crippen LogP contribution is 2.40. The minimum absolute atomic E-state index is 0.262. The quantitative estimate of drug-likeness (QED) is 0.721. The second-order valence-electron chi connectivity index (χ2n) is 6.41. The monoisotopic (exact) mass is 316 g/mol. The molecule has 4 heterocycles. The van der Waals surface area contributed by atoms with Crippen LogP contribution in [0.5, 0.6) is 0 Å². The fourth-order valence-corrected chi connectivity index (χ4v) is 3.81. The first-order chi connectivity index (χ1) is 11.8. The average Bonchev–Trinajstić information content (AvgIpc) is 3.29. The van der Waals surface area contributed by atoms with Crippen molar-refractivity contribution in [3.8, 4) is 22.3 Å². The van der Waals surface area contributed by atoms with Crippen LogP contribution in [0.1, 0.15) is 17.5 Å². The van der Waals surface area contributed by atoms with Crippen molar-refractivity contribution in [3.63, 3.8) is 0 Å². The first-order valence-electron chi connectivity index (χ1n) is 8.24. The van der Waals surface area contributed by atoms with Gasteiger partial charge in [-0.15, -0.1) is 0 Å². The van der Waals surface area contributed by atoms with E-state index in [1.165, 1.54) is 16.7 Å². The number of benzene rings is 1. The molecule has 2 aliphatic heterocycles. The van der Waals surface area contributed by atoms with Crippen LogP contribution in [-0.2, 0) is 17.6 Å². The normalized spacial score (nSPS) is 15.7. The number of carbonyl (C=O) groups excluding carboxylic acids is 1. The SMILES string of the molecule is O=C1CCc2cc(-c3cncc(-c4ccoc4)c3)cc3c2N1CC3. The van der Waals surface area contributed by atoms with E-state index in [1.807, 2.05) is 23.4 Å². The Hall–Kier alpha value is -2.88. The standard InChI is InChI=1S/C20H16N2O2/c23-19-2-1-13-7-16(8-14-3-5-22(19)20(13)14)18-9-17(10-21-11-18)15-4-6-24-12-15/h4,6-12H,1-3,5H2. The summed E-state index contributed by atoms with van der Waals surface area (Å²) in [5.41, 5.74) is 8.09. The summed E-state index contributed by atoms with van der Waals surface area (Å²) in [4.78, 5) is 18.4. The van der Waals surface area contributed by atoms with Crippen molar-refractivity contribution in [3.05, 3.63) is 60.3 Å². The molecule has 0 saturated carbocycles. The molecule has 0 unspecified atom stereocenters. The number of furan rings is 1. The van der Waals surface area contributed by atoms with Crippen LogP contribution in [0.3, 0.4) is 0 Å². The number of aromatic nitrogens is 1. The van der Waals surface area contributed by atoms with Crippen LogP contribution in [0.2, 0.25) is 0 Å². The summed E-state index contributed by atoms with van der Waals surface area (Å²) >= 11 is 0. The van der Waals surface area contributed by atoms with Crippen LogP contribution < -0.4 is 4.90 Å². The van der Waals surface area contributed by atoms with Gasteiger partial charge < -0.3 is 9.32 Å². The van der Waals surface area contributed by atoms with E-state index in [2.05, 4.69) is 23.2 Å². The van der Waals surface area contributed by atoms with Gasteiger partial charge >= 0.3 is 0 Å². The molecule has 0 radical (unpaired) electrons. The van der Waals surface area contributed by atoms with Crippen LogP contribution in [0.25, 0.3) is 22.3 Å². The first kappa shape index (κ1) is 13.5. The second-order valence-corrected chi connectivity index (χ2v) is 6.41. The van der Waals surface area contributed by atoms with Gasteiger partial charge in [0.15, 0.2) is 0 Å². The fraction of sp³-hybridized carbons (Fsp3) is 0.200. The maximum Gasteiger partial charge on any atom is 0.227 e. The number of amides is 1. The summed E-state index contributed by atoms with van der Waals surface area (Å²) in [6, 6.07) is 8.52. The lowest BCUT2D eigenvalue weighted by atomic mass is 9.93. The molecule has 1 aromatic carbocycles. The summed E-state index contributed by atoms with van der Waals surface area (Å²) in [7, 11) is 0. The Morgan fingerprint density at radius 1 is 0.917 bits per heavy atom. The lowest BCUT2D eigenvalue weighted by Gasteiger charge is -2.25. The summed E-state index contributed by atoms with van der Waals surface area (Å²) < 4.78 is 5.18. The van der Waals surface area contributed by atoms with Gasteiger partial charge in [-0.25, -0.2) is 0 Å². The number of hydrogen-bond donors (Lipinski definition) is 0. The van der Waals surface area contributed by atoms with Crippen LogP contribution in [0, 0.1) is 0 Å². The summed E-state index contributed by atoms with van der Waals surface area (Å²) in [6.07, 6.45) is 9.55. The van der Waals surface area contributed by atoms with Gasteiger partial charge in [0.1, 0.15) is 0 Å². The Bertz CT molecular complexity index is 944. The van der Waals surface area contributed by atoms with Crippen LogP contribution >= 0.6 is 0 Å². The van der Waals surface area contributed by atoms with Gasteiger partial charge in [-0.2, -0.15) is 0 Å². The van der Waals surface area contributed by atoms with E-state index < -0.39 is 0 Å². The summed E-state index contributed by atoms with van der Waals surface area (Å²) in [5.74, 6) is 0.262. The van der Waals surface area contributed by atoms with E-state index in [1.54, 1.807) is 12.5 Å². The number of hydrogen-bond acceptors (Lipinski definition) is 3. The van der Waals surface area contributed by atoms with E-state index in [0.717, 1.165) is 41.8 Å².